The number of carbonyl (C=O) groups is 5. The third-order valence-electron chi connectivity index (χ3n) is 13.2. The van der Waals surface area contributed by atoms with Crippen LogP contribution in [0.2, 0.25) is 0 Å². The number of Topliss-reactive ketones (excluding diaryl/α,β-unsaturated/α-hetero) is 1. The van der Waals surface area contributed by atoms with Gasteiger partial charge in [-0.2, -0.15) is 0 Å². The predicted molar refractivity (Wildman–Crippen MR) is 208 cm³/mol. The number of esters is 3. The second-order valence-corrected chi connectivity index (χ2v) is 16.8. The number of aliphatic hydroxyl groups excluding tert-OH is 3. The fourth-order valence-corrected chi connectivity index (χ4v) is 9.91. The van der Waals surface area contributed by atoms with Gasteiger partial charge in [-0.1, -0.05) is 80.6 Å². The maximum absolute atomic E-state index is 15.0. The zero-order valence-electron chi connectivity index (χ0n) is 33.4. The number of aliphatic hydroxyl groups is 4. The number of hydrogen-bond acceptors (Lipinski definition) is 13. The third kappa shape index (κ3) is 6.76. The molecule has 2 saturated carbocycles. The van der Waals surface area contributed by atoms with Gasteiger partial charge in [0.1, 0.15) is 36.1 Å². The molecule has 14 nitrogen and oxygen atoms in total. The minimum Gasteiger partial charge on any atom is -0.456 e. The number of nitrogens with one attached hydrogen (secondary N) is 1. The summed E-state index contributed by atoms with van der Waals surface area (Å²) in [6.07, 6.45) is -10.1. The van der Waals surface area contributed by atoms with E-state index in [4.69, 9.17) is 18.9 Å². The van der Waals surface area contributed by atoms with Crippen molar-refractivity contribution in [3.05, 3.63) is 119 Å². The number of hydrogen-bond donors (Lipinski definition) is 5. The smallest absolute Gasteiger partial charge is 0.338 e. The molecule has 11 atom stereocenters. The van der Waals surface area contributed by atoms with Crippen molar-refractivity contribution in [2.75, 3.05) is 6.61 Å². The van der Waals surface area contributed by atoms with Gasteiger partial charge in [0, 0.05) is 30.7 Å². The Balaban J connectivity index is 1.37. The van der Waals surface area contributed by atoms with Gasteiger partial charge in [0.15, 0.2) is 17.4 Å². The number of ketones is 1. The standard InChI is InChI=1S/C45H49NO13/c1-24-29(57-41(54)33(34(49)26-15-9-6-10-16-26)46-39(52)27-17-11-7-12-18-27)22-45(55)38(58-40(53)28-19-13-8-14-20-28)36-43(5,37(51)35(50)32(24)42(45,3)4)30(48)21-31-44(36,23-56-31)59-25(2)47/h6-20,29-31,33-36,38,48-50,55H,21-23H2,1-5H3,(H,46,52)/t29-,30-,31+,33?,34?,35+,36-,38-,43+,44-,45+/m0/s1. The van der Waals surface area contributed by atoms with Gasteiger partial charge in [-0.3, -0.25) is 14.4 Å². The Morgan fingerprint density at radius 2 is 1.44 bits per heavy atom. The molecule has 3 aliphatic carbocycles. The first-order valence-electron chi connectivity index (χ1n) is 19.6. The van der Waals surface area contributed by atoms with E-state index in [1.165, 1.54) is 38.1 Å². The van der Waals surface area contributed by atoms with Crippen LogP contribution < -0.4 is 5.32 Å². The van der Waals surface area contributed by atoms with Gasteiger partial charge in [0.05, 0.1) is 29.6 Å². The Bertz CT molecular complexity index is 2160. The first-order chi connectivity index (χ1) is 27.9. The molecule has 2 unspecified atom stereocenters. The normalized spacial score (nSPS) is 33.0. The average Bonchev–Trinajstić information content (AvgIpc) is 3.21. The number of carbonyl (C=O) groups excluding carboxylic acids is 5. The van der Waals surface area contributed by atoms with E-state index in [1.54, 1.807) is 80.6 Å². The zero-order chi connectivity index (χ0) is 42.7. The molecule has 3 aromatic carbocycles. The number of benzene rings is 3. The number of amides is 1. The molecule has 14 heteroatoms. The molecule has 0 spiro atoms. The SMILES string of the molecule is CC(=O)O[C@@]12CO[C@@H]1C[C@H](O)[C@@]1(C)C(=O)[C@H](O)C3=C(C)[C@@H](OC(=O)C(NC(=O)c4ccccc4)C(O)c4ccccc4)C[C@@](O)([C@@H](OC(=O)c4ccccc4)[C@H]21)C3(C)C. The summed E-state index contributed by atoms with van der Waals surface area (Å²) in [5.74, 6) is -5.91. The molecule has 1 heterocycles. The Hall–Kier alpha value is -5.25. The molecule has 0 radical (unpaired) electrons. The van der Waals surface area contributed by atoms with E-state index in [-0.39, 0.29) is 40.9 Å². The molecule has 4 aliphatic rings. The summed E-state index contributed by atoms with van der Waals surface area (Å²) in [5.41, 5.74) is -7.04. The highest BCUT2D eigenvalue weighted by molar-refractivity contribution is 5.97. The van der Waals surface area contributed by atoms with Crippen LogP contribution in [0.5, 0.6) is 0 Å². The zero-order valence-corrected chi connectivity index (χ0v) is 33.4. The lowest BCUT2D eigenvalue weighted by Gasteiger charge is -2.67. The van der Waals surface area contributed by atoms with E-state index in [0.29, 0.717) is 0 Å². The quantitative estimate of drug-likeness (QED) is 0.120. The lowest BCUT2D eigenvalue weighted by atomic mass is 9.44. The summed E-state index contributed by atoms with van der Waals surface area (Å²) in [4.78, 5) is 70.0. The second kappa shape index (κ2) is 15.4. The Kier molecular flexibility index (Phi) is 10.9. The van der Waals surface area contributed by atoms with Crippen molar-refractivity contribution in [2.24, 2.45) is 16.7 Å². The topological polar surface area (TPSA) is 215 Å². The fraction of sp³-hybridized carbons (Fsp3) is 0.444. The molecule has 312 valence electrons. The Morgan fingerprint density at radius 1 is 0.864 bits per heavy atom. The van der Waals surface area contributed by atoms with Gasteiger partial charge in [0.2, 0.25) is 0 Å². The van der Waals surface area contributed by atoms with Crippen LogP contribution in [-0.2, 0) is 33.3 Å². The van der Waals surface area contributed by atoms with Crippen LogP contribution in [-0.4, -0.2) is 104 Å². The predicted octanol–water partition coefficient (Wildman–Crippen LogP) is 3.16. The van der Waals surface area contributed by atoms with Gasteiger partial charge in [-0.15, -0.1) is 0 Å². The molecule has 59 heavy (non-hydrogen) atoms. The van der Waals surface area contributed by atoms with Crippen molar-refractivity contribution in [1.29, 1.82) is 0 Å². The number of rotatable bonds is 9. The monoisotopic (exact) mass is 811 g/mol. The summed E-state index contributed by atoms with van der Waals surface area (Å²) in [7, 11) is 0. The highest BCUT2D eigenvalue weighted by Gasteiger charge is 2.78. The lowest BCUT2D eigenvalue weighted by Crippen LogP contribution is -2.81. The van der Waals surface area contributed by atoms with Crippen LogP contribution in [0.1, 0.15) is 79.8 Å². The largest absolute Gasteiger partial charge is 0.456 e. The molecule has 2 bridgehead atoms. The van der Waals surface area contributed by atoms with Crippen molar-refractivity contribution in [1.82, 2.24) is 5.32 Å². The van der Waals surface area contributed by atoms with Crippen LogP contribution in [0.15, 0.2) is 102 Å². The lowest BCUT2D eigenvalue weighted by molar-refractivity contribution is -0.346. The number of fused-ring (bicyclic) bond motifs is 5. The van der Waals surface area contributed by atoms with Gasteiger partial charge < -0.3 is 44.7 Å². The van der Waals surface area contributed by atoms with E-state index in [9.17, 15) is 39.6 Å². The Labute approximate surface area is 341 Å². The van der Waals surface area contributed by atoms with Crippen molar-refractivity contribution >= 4 is 29.6 Å². The number of ether oxygens (including phenoxy) is 4. The van der Waals surface area contributed by atoms with Crippen LogP contribution in [0.3, 0.4) is 0 Å². The fourth-order valence-electron chi connectivity index (χ4n) is 9.91. The van der Waals surface area contributed by atoms with Gasteiger partial charge >= 0.3 is 17.9 Å². The summed E-state index contributed by atoms with van der Waals surface area (Å²) in [6, 6.07) is 22.3. The molecule has 1 saturated heterocycles. The molecule has 5 N–H and O–H groups in total. The first-order valence-corrected chi connectivity index (χ1v) is 19.6. The molecule has 3 fully saturated rings. The van der Waals surface area contributed by atoms with Crippen molar-refractivity contribution in [3.63, 3.8) is 0 Å². The maximum Gasteiger partial charge on any atom is 0.338 e. The average molecular weight is 812 g/mol. The first kappa shape index (κ1) is 41.9. The van der Waals surface area contributed by atoms with E-state index in [0.717, 1.165) is 6.92 Å². The molecule has 7 rings (SSSR count). The second-order valence-electron chi connectivity index (χ2n) is 16.8. The van der Waals surface area contributed by atoms with Gasteiger partial charge in [-0.25, -0.2) is 9.59 Å². The Morgan fingerprint density at radius 3 is 2.00 bits per heavy atom. The summed E-state index contributed by atoms with van der Waals surface area (Å²) in [6.45, 7) is 6.90. The third-order valence-corrected chi connectivity index (χ3v) is 13.2. The minimum absolute atomic E-state index is 0.0521. The van der Waals surface area contributed by atoms with E-state index in [1.807, 2.05) is 0 Å². The van der Waals surface area contributed by atoms with Crippen LogP contribution >= 0.6 is 0 Å². The van der Waals surface area contributed by atoms with E-state index >= 15 is 4.79 Å². The maximum atomic E-state index is 15.0. The van der Waals surface area contributed by atoms with Crippen LogP contribution in [0.25, 0.3) is 0 Å². The van der Waals surface area contributed by atoms with Crippen molar-refractivity contribution < 1.29 is 63.3 Å². The van der Waals surface area contributed by atoms with Crippen molar-refractivity contribution in [3.8, 4) is 0 Å². The minimum atomic E-state index is -2.35. The van der Waals surface area contributed by atoms with Gasteiger partial charge in [-0.05, 0) is 54.8 Å². The van der Waals surface area contributed by atoms with Crippen molar-refractivity contribution in [2.45, 2.75) is 101 Å². The molecule has 1 amide bonds. The van der Waals surface area contributed by atoms with Crippen LogP contribution in [0, 0.1) is 16.7 Å². The van der Waals surface area contributed by atoms with E-state index in [2.05, 4.69) is 5.32 Å². The van der Waals surface area contributed by atoms with Crippen LogP contribution in [0.4, 0.5) is 0 Å². The highest BCUT2D eigenvalue weighted by atomic mass is 16.6. The van der Waals surface area contributed by atoms with Gasteiger partial charge in [0.25, 0.3) is 5.91 Å². The molecule has 1 aliphatic heterocycles. The molecule has 3 aromatic rings. The van der Waals surface area contributed by atoms with E-state index < -0.39 is 107 Å². The molecular formula is C45H49NO13. The molecular weight excluding hydrogens is 762 g/mol. The summed E-state index contributed by atoms with van der Waals surface area (Å²) < 4.78 is 24.3. The summed E-state index contributed by atoms with van der Waals surface area (Å²) >= 11 is 0. The summed E-state index contributed by atoms with van der Waals surface area (Å²) in [5, 5.41) is 51.8. The highest BCUT2D eigenvalue weighted by Crippen LogP contribution is 2.64. The molecule has 0 aromatic heterocycles.